The fourth-order valence-corrected chi connectivity index (χ4v) is 4.16. The zero-order chi connectivity index (χ0) is 19.4. The summed E-state index contributed by atoms with van der Waals surface area (Å²) >= 11 is 0. The van der Waals surface area contributed by atoms with Crippen LogP contribution in [0.2, 0.25) is 0 Å². The number of rotatable bonds is 8. The molecule has 0 spiro atoms. The van der Waals surface area contributed by atoms with E-state index < -0.39 is 32.9 Å². The molecular weight excluding hydrogens is 376 g/mol. The van der Waals surface area contributed by atoms with Gasteiger partial charge in [-0.25, -0.2) is 0 Å². The summed E-state index contributed by atoms with van der Waals surface area (Å²) in [5.74, 6) is 0. The third-order valence-corrected chi connectivity index (χ3v) is 6.42. The maximum absolute atomic E-state index is 12.3. The van der Waals surface area contributed by atoms with Gasteiger partial charge in [-0.05, 0) is 44.5 Å². The molecule has 1 unspecified atom stereocenters. The minimum atomic E-state index is -4.00. The zero-order valence-electron chi connectivity index (χ0n) is 14.9. The maximum Gasteiger partial charge on any atom is 0.297 e. The molecule has 0 bridgehead atoms. The molecule has 8 heteroatoms. The monoisotopic (exact) mass is 398 g/mol. The van der Waals surface area contributed by atoms with Crippen molar-refractivity contribution in [3.8, 4) is 0 Å². The van der Waals surface area contributed by atoms with Crippen LogP contribution in [0.3, 0.4) is 0 Å². The summed E-state index contributed by atoms with van der Waals surface area (Å²) in [7, 11) is -7.98. The summed E-state index contributed by atoms with van der Waals surface area (Å²) in [4.78, 5) is 0.0299. The lowest BCUT2D eigenvalue weighted by atomic mass is 10.2. The Morgan fingerprint density at radius 3 is 1.62 bits per heavy atom. The van der Waals surface area contributed by atoms with Crippen LogP contribution < -0.4 is 0 Å². The van der Waals surface area contributed by atoms with E-state index in [0.717, 1.165) is 11.1 Å². The summed E-state index contributed by atoms with van der Waals surface area (Å²) in [5.41, 5.74) is 1.84. The second-order valence-corrected chi connectivity index (χ2v) is 9.13. The Kier molecular flexibility index (Phi) is 6.57. The molecule has 0 saturated carbocycles. The van der Waals surface area contributed by atoms with Gasteiger partial charge in [0.25, 0.3) is 20.2 Å². The summed E-state index contributed by atoms with van der Waals surface area (Å²) in [6.07, 6.45) is -0.643. The second kappa shape index (κ2) is 8.30. The topological polar surface area (TPSA) is 86.7 Å². The highest BCUT2D eigenvalue weighted by Crippen LogP contribution is 2.19. The Morgan fingerprint density at radius 2 is 1.19 bits per heavy atom. The summed E-state index contributed by atoms with van der Waals surface area (Å²) < 4.78 is 59.2. The van der Waals surface area contributed by atoms with Crippen molar-refractivity contribution in [2.24, 2.45) is 0 Å². The van der Waals surface area contributed by atoms with Gasteiger partial charge in [0.2, 0.25) is 0 Å². The summed E-state index contributed by atoms with van der Waals surface area (Å²) in [5, 5.41) is 0. The molecule has 1 atom stereocenters. The smallest absolute Gasteiger partial charge is 0.264 e. The minimum Gasteiger partial charge on any atom is -0.264 e. The van der Waals surface area contributed by atoms with Crippen molar-refractivity contribution in [3.05, 3.63) is 59.7 Å². The normalized spacial score (nSPS) is 13.5. The molecule has 142 valence electrons. The highest BCUT2D eigenvalue weighted by molar-refractivity contribution is 7.87. The maximum atomic E-state index is 12.3. The van der Waals surface area contributed by atoms with Crippen LogP contribution >= 0.6 is 0 Å². The van der Waals surface area contributed by atoms with Gasteiger partial charge in [0.1, 0.15) is 6.10 Å². The highest BCUT2D eigenvalue weighted by Gasteiger charge is 2.24. The van der Waals surface area contributed by atoms with E-state index >= 15 is 0 Å². The van der Waals surface area contributed by atoms with E-state index in [-0.39, 0.29) is 16.2 Å². The molecular formula is C18H22O6S2. The Morgan fingerprint density at radius 1 is 0.769 bits per heavy atom. The molecule has 0 radical (unpaired) electrons. The predicted octanol–water partition coefficient (Wildman–Crippen LogP) is 3.19. The Labute approximate surface area is 155 Å². The van der Waals surface area contributed by atoms with Crippen LogP contribution in [0.4, 0.5) is 0 Å². The number of aryl methyl sites for hydroxylation is 2. The van der Waals surface area contributed by atoms with Crippen LogP contribution in [-0.2, 0) is 28.6 Å². The molecule has 2 aromatic rings. The Hall–Kier alpha value is -1.74. The molecule has 26 heavy (non-hydrogen) atoms. The molecule has 0 saturated heterocycles. The van der Waals surface area contributed by atoms with Gasteiger partial charge in [-0.2, -0.15) is 16.8 Å². The van der Waals surface area contributed by atoms with Crippen LogP contribution in [0.15, 0.2) is 58.3 Å². The number of hydrogen-bond donors (Lipinski definition) is 0. The van der Waals surface area contributed by atoms with E-state index in [1.54, 1.807) is 31.2 Å². The van der Waals surface area contributed by atoms with Crippen LogP contribution in [0, 0.1) is 13.8 Å². The molecule has 0 aliphatic heterocycles. The standard InChI is InChI=1S/C18H22O6S2/c1-4-16(24-26(21,22)18-11-7-15(3)8-12-18)13-23-25(19,20)17-9-5-14(2)6-10-17/h5-12,16H,4,13H2,1-3H3. The average Bonchev–Trinajstić information content (AvgIpc) is 2.59. The summed E-state index contributed by atoms with van der Waals surface area (Å²) in [6.45, 7) is 4.99. The lowest BCUT2D eigenvalue weighted by molar-refractivity contribution is 0.134. The van der Waals surface area contributed by atoms with Crippen LogP contribution in [0.5, 0.6) is 0 Å². The molecule has 2 aromatic carbocycles. The predicted molar refractivity (Wildman–Crippen MR) is 97.8 cm³/mol. The summed E-state index contributed by atoms with van der Waals surface area (Å²) in [6, 6.07) is 12.4. The zero-order valence-corrected chi connectivity index (χ0v) is 16.5. The van der Waals surface area contributed by atoms with Crippen LogP contribution in [0.1, 0.15) is 24.5 Å². The van der Waals surface area contributed by atoms with Gasteiger partial charge in [0, 0.05) is 0 Å². The van der Waals surface area contributed by atoms with E-state index in [0.29, 0.717) is 0 Å². The minimum absolute atomic E-state index is 0.0133. The Bertz CT molecular complexity index is 930. The third kappa shape index (κ3) is 5.38. The molecule has 0 N–H and O–H groups in total. The van der Waals surface area contributed by atoms with Gasteiger partial charge in [0.15, 0.2) is 0 Å². The van der Waals surface area contributed by atoms with E-state index in [1.807, 2.05) is 13.8 Å². The van der Waals surface area contributed by atoms with E-state index in [9.17, 15) is 16.8 Å². The van der Waals surface area contributed by atoms with Crippen molar-refractivity contribution in [1.29, 1.82) is 0 Å². The molecule has 0 aromatic heterocycles. The van der Waals surface area contributed by atoms with Gasteiger partial charge in [0.05, 0.1) is 16.4 Å². The number of hydrogen-bond acceptors (Lipinski definition) is 6. The lowest BCUT2D eigenvalue weighted by Gasteiger charge is -2.16. The van der Waals surface area contributed by atoms with Gasteiger partial charge in [-0.3, -0.25) is 8.37 Å². The van der Waals surface area contributed by atoms with Crippen molar-refractivity contribution in [3.63, 3.8) is 0 Å². The molecule has 0 aliphatic rings. The van der Waals surface area contributed by atoms with Crippen LogP contribution in [0.25, 0.3) is 0 Å². The average molecular weight is 399 g/mol. The molecule has 6 nitrogen and oxygen atoms in total. The molecule has 0 amide bonds. The van der Waals surface area contributed by atoms with E-state index in [2.05, 4.69) is 0 Å². The molecule has 0 aliphatic carbocycles. The molecule has 2 rings (SSSR count). The third-order valence-electron chi connectivity index (χ3n) is 3.75. The van der Waals surface area contributed by atoms with Crippen molar-refractivity contribution >= 4 is 20.2 Å². The quantitative estimate of drug-likeness (QED) is 0.635. The Balaban J connectivity index is 2.07. The highest BCUT2D eigenvalue weighted by atomic mass is 32.2. The first-order chi connectivity index (χ1) is 12.1. The van der Waals surface area contributed by atoms with Crippen molar-refractivity contribution in [2.75, 3.05) is 6.61 Å². The molecule has 0 heterocycles. The van der Waals surface area contributed by atoms with E-state index in [1.165, 1.54) is 24.3 Å². The first kappa shape index (κ1) is 20.6. The van der Waals surface area contributed by atoms with Gasteiger partial charge in [-0.15, -0.1) is 0 Å². The number of benzene rings is 2. The lowest BCUT2D eigenvalue weighted by Crippen LogP contribution is -2.25. The fourth-order valence-electron chi connectivity index (χ4n) is 2.09. The van der Waals surface area contributed by atoms with Crippen LogP contribution in [-0.4, -0.2) is 29.5 Å². The SMILES string of the molecule is CCC(COS(=O)(=O)c1ccc(C)cc1)OS(=O)(=O)c1ccc(C)cc1. The largest absolute Gasteiger partial charge is 0.297 e. The van der Waals surface area contributed by atoms with Gasteiger partial charge in [-0.1, -0.05) is 42.3 Å². The first-order valence-corrected chi connectivity index (χ1v) is 10.9. The second-order valence-electron chi connectivity index (χ2n) is 5.95. The first-order valence-electron chi connectivity index (χ1n) is 8.10. The van der Waals surface area contributed by atoms with Crippen molar-refractivity contribution < 1.29 is 25.2 Å². The van der Waals surface area contributed by atoms with Gasteiger partial charge < -0.3 is 0 Å². The fraction of sp³-hybridized carbons (Fsp3) is 0.333. The van der Waals surface area contributed by atoms with Crippen molar-refractivity contribution in [2.45, 2.75) is 43.1 Å². The molecule has 0 fully saturated rings. The van der Waals surface area contributed by atoms with Crippen molar-refractivity contribution in [1.82, 2.24) is 0 Å². The van der Waals surface area contributed by atoms with Gasteiger partial charge >= 0.3 is 0 Å². The van der Waals surface area contributed by atoms with E-state index in [4.69, 9.17) is 8.37 Å².